The molecule has 1 heterocycles. The summed E-state index contributed by atoms with van der Waals surface area (Å²) in [7, 11) is 0. The molecule has 2 rings (SSSR count). The molecule has 2 aromatic rings. The monoisotopic (exact) mass is 302 g/mol. The Labute approximate surface area is 130 Å². The summed E-state index contributed by atoms with van der Waals surface area (Å²) in [6, 6.07) is 9.28. The van der Waals surface area contributed by atoms with E-state index in [0.717, 1.165) is 11.3 Å². The van der Waals surface area contributed by atoms with Crippen molar-refractivity contribution in [3.05, 3.63) is 48.3 Å². The first kappa shape index (κ1) is 16.0. The van der Waals surface area contributed by atoms with Crippen LogP contribution >= 0.6 is 0 Å². The van der Waals surface area contributed by atoms with Gasteiger partial charge in [0.2, 0.25) is 0 Å². The quantitative estimate of drug-likeness (QED) is 0.908. The number of carbonyl (C=O) groups excluding carboxylic acids is 1. The topological polar surface area (TPSA) is 82.2 Å². The molecule has 118 valence electrons. The number of hydrogen-bond donors (Lipinski definition) is 2. The highest BCUT2D eigenvalue weighted by Gasteiger charge is 2.19. The average molecular weight is 302 g/mol. The molecule has 6 nitrogen and oxygen atoms in total. The van der Waals surface area contributed by atoms with Gasteiger partial charge in [0.1, 0.15) is 5.60 Å². The number of benzene rings is 1. The zero-order valence-corrected chi connectivity index (χ0v) is 13.1. The second-order valence-corrected chi connectivity index (χ2v) is 5.98. The molecule has 1 atom stereocenters. The third-order valence-corrected chi connectivity index (χ3v) is 2.99. The Kier molecular flexibility index (Phi) is 4.82. The van der Waals surface area contributed by atoms with Crippen LogP contribution in [0, 0.1) is 0 Å². The smallest absolute Gasteiger partial charge is 0.408 e. The van der Waals surface area contributed by atoms with E-state index in [1.54, 1.807) is 10.9 Å². The lowest BCUT2D eigenvalue weighted by Gasteiger charge is -2.23. The molecule has 0 fully saturated rings. The fourth-order valence-corrected chi connectivity index (χ4v) is 2.01. The lowest BCUT2D eigenvalue weighted by Crippen LogP contribution is -2.37. The number of hydrogen-bond acceptors (Lipinski definition) is 4. The van der Waals surface area contributed by atoms with Gasteiger partial charge in [0.25, 0.3) is 0 Å². The molecule has 22 heavy (non-hydrogen) atoms. The second-order valence-electron chi connectivity index (χ2n) is 5.98. The summed E-state index contributed by atoms with van der Waals surface area (Å²) in [5.74, 6) is 0. The summed E-state index contributed by atoms with van der Waals surface area (Å²) in [6.07, 6.45) is 3.12. The standard InChI is InChI=1S/C16H22N4O2/c1-16(2,3)22-15(21)19-14(11-17)12-5-7-13(8-6-12)20-10-4-9-18-20/h4-10,14H,11,17H2,1-3H3,(H,19,21). The molecule has 0 aliphatic heterocycles. The molecular weight excluding hydrogens is 280 g/mol. The van der Waals surface area contributed by atoms with Crippen molar-refractivity contribution in [2.24, 2.45) is 5.73 Å². The molecule has 6 heteroatoms. The Hall–Kier alpha value is -2.34. The maximum Gasteiger partial charge on any atom is 0.408 e. The minimum Gasteiger partial charge on any atom is -0.444 e. The van der Waals surface area contributed by atoms with Gasteiger partial charge in [0.15, 0.2) is 0 Å². The first-order valence-corrected chi connectivity index (χ1v) is 7.18. The average Bonchev–Trinajstić information content (AvgIpc) is 2.97. The third-order valence-electron chi connectivity index (χ3n) is 2.99. The van der Waals surface area contributed by atoms with E-state index in [9.17, 15) is 4.79 Å². The maximum atomic E-state index is 11.9. The van der Waals surface area contributed by atoms with Crippen molar-refractivity contribution in [1.29, 1.82) is 0 Å². The number of amides is 1. The molecule has 0 radical (unpaired) electrons. The van der Waals surface area contributed by atoms with E-state index in [1.165, 1.54) is 0 Å². The van der Waals surface area contributed by atoms with Gasteiger partial charge in [-0.05, 0) is 44.5 Å². The molecule has 1 unspecified atom stereocenters. The van der Waals surface area contributed by atoms with Crippen molar-refractivity contribution in [2.45, 2.75) is 32.4 Å². The lowest BCUT2D eigenvalue weighted by molar-refractivity contribution is 0.0505. The van der Waals surface area contributed by atoms with Crippen molar-refractivity contribution in [1.82, 2.24) is 15.1 Å². The number of nitrogens with two attached hydrogens (primary N) is 1. The summed E-state index contributed by atoms with van der Waals surface area (Å²) < 4.78 is 7.02. The van der Waals surface area contributed by atoms with Gasteiger partial charge in [-0.1, -0.05) is 12.1 Å². The van der Waals surface area contributed by atoms with Gasteiger partial charge < -0.3 is 15.8 Å². The Morgan fingerprint density at radius 2 is 2.05 bits per heavy atom. The molecule has 3 N–H and O–H groups in total. The van der Waals surface area contributed by atoms with Crippen LogP contribution in [-0.2, 0) is 4.74 Å². The zero-order chi connectivity index (χ0) is 16.2. The first-order valence-electron chi connectivity index (χ1n) is 7.18. The SMILES string of the molecule is CC(C)(C)OC(=O)NC(CN)c1ccc(-n2cccn2)cc1. The summed E-state index contributed by atoms with van der Waals surface area (Å²) in [6.45, 7) is 5.76. The van der Waals surface area contributed by atoms with Crippen LogP contribution in [-0.4, -0.2) is 28.0 Å². The van der Waals surface area contributed by atoms with E-state index in [4.69, 9.17) is 10.5 Å². The van der Waals surface area contributed by atoms with Crippen LogP contribution in [0.3, 0.4) is 0 Å². The predicted molar refractivity (Wildman–Crippen MR) is 84.7 cm³/mol. The van der Waals surface area contributed by atoms with Gasteiger partial charge in [-0.3, -0.25) is 0 Å². The van der Waals surface area contributed by atoms with Crippen molar-refractivity contribution in [3.63, 3.8) is 0 Å². The maximum absolute atomic E-state index is 11.9. The number of nitrogens with zero attached hydrogens (tertiary/aromatic N) is 2. The summed E-state index contributed by atoms with van der Waals surface area (Å²) in [4.78, 5) is 11.9. The lowest BCUT2D eigenvalue weighted by atomic mass is 10.1. The summed E-state index contributed by atoms with van der Waals surface area (Å²) in [5.41, 5.74) is 7.09. The van der Waals surface area contributed by atoms with E-state index in [1.807, 2.05) is 57.3 Å². The van der Waals surface area contributed by atoms with E-state index in [0.29, 0.717) is 6.54 Å². The van der Waals surface area contributed by atoms with E-state index < -0.39 is 11.7 Å². The summed E-state index contributed by atoms with van der Waals surface area (Å²) >= 11 is 0. The molecular formula is C16H22N4O2. The van der Waals surface area contributed by atoms with Gasteiger partial charge in [-0.2, -0.15) is 5.10 Å². The van der Waals surface area contributed by atoms with Crippen LogP contribution in [0.1, 0.15) is 32.4 Å². The molecule has 0 bridgehead atoms. The molecule has 0 aliphatic rings. The van der Waals surface area contributed by atoms with Gasteiger partial charge in [-0.25, -0.2) is 9.48 Å². The van der Waals surface area contributed by atoms with Gasteiger partial charge in [0, 0.05) is 18.9 Å². The minimum absolute atomic E-state index is 0.290. The Morgan fingerprint density at radius 1 is 1.36 bits per heavy atom. The number of aromatic nitrogens is 2. The normalized spacial score (nSPS) is 12.7. The Bertz CT molecular complexity index is 600. The second kappa shape index (κ2) is 6.62. The van der Waals surface area contributed by atoms with Crippen LogP contribution in [0.15, 0.2) is 42.7 Å². The summed E-state index contributed by atoms with van der Waals surface area (Å²) in [5, 5.41) is 6.96. The Morgan fingerprint density at radius 3 is 2.55 bits per heavy atom. The molecule has 1 aromatic carbocycles. The highest BCUT2D eigenvalue weighted by Crippen LogP contribution is 2.16. The number of rotatable bonds is 4. The van der Waals surface area contributed by atoms with E-state index in [-0.39, 0.29) is 6.04 Å². The highest BCUT2D eigenvalue weighted by atomic mass is 16.6. The van der Waals surface area contributed by atoms with E-state index in [2.05, 4.69) is 10.4 Å². The van der Waals surface area contributed by atoms with E-state index >= 15 is 0 Å². The molecule has 1 amide bonds. The fourth-order valence-electron chi connectivity index (χ4n) is 2.01. The van der Waals surface area contributed by atoms with Crippen molar-refractivity contribution < 1.29 is 9.53 Å². The number of alkyl carbamates (subject to hydrolysis) is 1. The van der Waals surface area contributed by atoms with Crippen LogP contribution in [0.5, 0.6) is 0 Å². The molecule has 0 spiro atoms. The molecule has 1 aromatic heterocycles. The highest BCUT2D eigenvalue weighted by molar-refractivity contribution is 5.68. The molecule has 0 saturated heterocycles. The van der Waals surface area contributed by atoms with Gasteiger partial charge >= 0.3 is 6.09 Å². The fraction of sp³-hybridized carbons (Fsp3) is 0.375. The van der Waals surface area contributed by atoms with Crippen molar-refractivity contribution in [3.8, 4) is 5.69 Å². The van der Waals surface area contributed by atoms with Gasteiger partial charge in [0.05, 0.1) is 11.7 Å². The zero-order valence-electron chi connectivity index (χ0n) is 13.1. The van der Waals surface area contributed by atoms with Crippen LogP contribution in [0.4, 0.5) is 4.79 Å². The third kappa shape index (κ3) is 4.33. The van der Waals surface area contributed by atoms with Crippen LogP contribution in [0.25, 0.3) is 5.69 Å². The van der Waals surface area contributed by atoms with Gasteiger partial charge in [-0.15, -0.1) is 0 Å². The largest absolute Gasteiger partial charge is 0.444 e. The number of ether oxygens (including phenoxy) is 1. The predicted octanol–water partition coefficient (Wildman–Crippen LogP) is 2.40. The number of nitrogens with one attached hydrogen (secondary N) is 1. The first-order chi connectivity index (χ1) is 10.4. The van der Waals surface area contributed by atoms with Crippen LogP contribution < -0.4 is 11.1 Å². The minimum atomic E-state index is -0.535. The number of carbonyl (C=O) groups is 1. The van der Waals surface area contributed by atoms with Crippen LogP contribution in [0.2, 0.25) is 0 Å². The molecule has 0 aliphatic carbocycles. The van der Waals surface area contributed by atoms with Crippen molar-refractivity contribution >= 4 is 6.09 Å². The Balaban J connectivity index is 2.06. The molecule has 0 saturated carbocycles. The van der Waals surface area contributed by atoms with Crippen molar-refractivity contribution in [2.75, 3.05) is 6.54 Å².